The highest BCUT2D eigenvalue weighted by molar-refractivity contribution is 6.30. The summed E-state index contributed by atoms with van der Waals surface area (Å²) in [6.45, 7) is 1.58. The van der Waals surface area contributed by atoms with Crippen LogP contribution in [0.2, 0.25) is 5.02 Å². The zero-order chi connectivity index (χ0) is 11.5. The van der Waals surface area contributed by atoms with Crippen molar-refractivity contribution in [3.63, 3.8) is 0 Å². The van der Waals surface area contributed by atoms with Gasteiger partial charge in [-0.05, 0) is 31.0 Å². The van der Waals surface area contributed by atoms with Gasteiger partial charge in [0.25, 0.3) is 0 Å². The number of rotatable bonds is 1. The smallest absolute Gasteiger partial charge is 0.101 e. The minimum absolute atomic E-state index is 0.200. The first-order chi connectivity index (χ1) is 7.70. The van der Waals surface area contributed by atoms with Crippen LogP contribution in [0.3, 0.4) is 0 Å². The molecule has 0 spiro atoms. The van der Waals surface area contributed by atoms with Crippen LogP contribution in [0.5, 0.6) is 0 Å². The molecule has 0 aliphatic carbocycles. The lowest BCUT2D eigenvalue weighted by Crippen LogP contribution is -2.36. The van der Waals surface area contributed by atoms with Gasteiger partial charge in [0.1, 0.15) is 6.07 Å². The van der Waals surface area contributed by atoms with Crippen LogP contribution >= 0.6 is 11.6 Å². The molecule has 1 aliphatic heterocycles. The number of aliphatic hydroxyl groups is 1. The quantitative estimate of drug-likeness (QED) is 0.813. The maximum absolute atomic E-state index is 9.43. The second kappa shape index (κ2) is 4.73. The van der Waals surface area contributed by atoms with E-state index in [-0.39, 0.29) is 6.10 Å². The van der Waals surface area contributed by atoms with E-state index in [0.29, 0.717) is 10.6 Å². The largest absolute Gasteiger partial charge is 0.393 e. The Hall–Kier alpha value is -1.24. The standard InChI is InChI=1S/C12H13ClN2O/c13-10-1-2-12(9(7-10)8-14)15-5-3-11(16)4-6-15/h1-2,7,11,16H,3-6H2. The van der Waals surface area contributed by atoms with E-state index in [1.807, 2.05) is 6.07 Å². The topological polar surface area (TPSA) is 47.3 Å². The number of benzene rings is 1. The highest BCUT2D eigenvalue weighted by Gasteiger charge is 2.19. The molecule has 1 N–H and O–H groups in total. The third-order valence-electron chi connectivity index (χ3n) is 2.88. The average Bonchev–Trinajstić information content (AvgIpc) is 2.30. The first kappa shape index (κ1) is 11.3. The average molecular weight is 237 g/mol. The predicted molar refractivity (Wildman–Crippen MR) is 63.6 cm³/mol. The molecule has 0 radical (unpaired) electrons. The summed E-state index contributed by atoms with van der Waals surface area (Å²) < 4.78 is 0. The highest BCUT2D eigenvalue weighted by atomic mass is 35.5. The van der Waals surface area contributed by atoms with Crippen molar-refractivity contribution >= 4 is 17.3 Å². The van der Waals surface area contributed by atoms with Crippen LogP contribution in [0, 0.1) is 11.3 Å². The summed E-state index contributed by atoms with van der Waals surface area (Å²) in [6.07, 6.45) is 1.31. The molecule has 16 heavy (non-hydrogen) atoms. The second-order valence-corrected chi connectivity index (χ2v) is 4.43. The van der Waals surface area contributed by atoms with Crippen molar-refractivity contribution in [3.8, 4) is 6.07 Å². The Bertz CT molecular complexity index is 420. The maximum Gasteiger partial charge on any atom is 0.101 e. The van der Waals surface area contributed by atoms with Gasteiger partial charge in [0.15, 0.2) is 0 Å². The van der Waals surface area contributed by atoms with Gasteiger partial charge in [0.05, 0.1) is 17.4 Å². The van der Waals surface area contributed by atoms with Gasteiger partial charge >= 0.3 is 0 Å². The molecule has 1 aromatic carbocycles. The van der Waals surface area contributed by atoms with Crippen LogP contribution in [0.25, 0.3) is 0 Å². The van der Waals surface area contributed by atoms with E-state index < -0.39 is 0 Å². The number of hydrogen-bond acceptors (Lipinski definition) is 3. The van der Waals surface area contributed by atoms with E-state index in [1.165, 1.54) is 0 Å². The highest BCUT2D eigenvalue weighted by Crippen LogP contribution is 2.26. The van der Waals surface area contributed by atoms with E-state index >= 15 is 0 Å². The third-order valence-corrected chi connectivity index (χ3v) is 3.12. The molecule has 2 rings (SSSR count). The normalized spacial score (nSPS) is 17.2. The van der Waals surface area contributed by atoms with Gasteiger partial charge in [-0.25, -0.2) is 0 Å². The predicted octanol–water partition coefficient (Wildman–Crippen LogP) is 2.17. The number of nitriles is 1. The minimum Gasteiger partial charge on any atom is -0.393 e. The number of anilines is 1. The Morgan fingerprint density at radius 3 is 2.69 bits per heavy atom. The molecule has 1 fully saturated rings. The Morgan fingerprint density at radius 1 is 1.38 bits per heavy atom. The summed E-state index contributed by atoms with van der Waals surface area (Å²) >= 11 is 5.85. The molecule has 84 valence electrons. The fourth-order valence-corrected chi connectivity index (χ4v) is 2.15. The fraction of sp³-hybridized carbons (Fsp3) is 0.417. The maximum atomic E-state index is 9.43. The van der Waals surface area contributed by atoms with Crippen LogP contribution in [0.15, 0.2) is 18.2 Å². The van der Waals surface area contributed by atoms with Gasteiger partial charge in [0, 0.05) is 18.1 Å². The third kappa shape index (κ3) is 2.29. The Balaban J connectivity index is 2.24. The Morgan fingerprint density at radius 2 is 2.06 bits per heavy atom. The molecule has 0 bridgehead atoms. The number of aliphatic hydroxyl groups excluding tert-OH is 1. The summed E-state index contributed by atoms with van der Waals surface area (Å²) in [5.41, 5.74) is 1.52. The molecule has 1 heterocycles. The summed E-state index contributed by atoms with van der Waals surface area (Å²) in [7, 11) is 0. The van der Waals surface area contributed by atoms with Crippen molar-refractivity contribution in [3.05, 3.63) is 28.8 Å². The molecular formula is C12H13ClN2O. The van der Waals surface area contributed by atoms with Gasteiger partial charge in [-0.15, -0.1) is 0 Å². The number of hydrogen-bond donors (Lipinski definition) is 1. The molecule has 1 saturated heterocycles. The molecule has 0 unspecified atom stereocenters. The van der Waals surface area contributed by atoms with E-state index in [2.05, 4.69) is 11.0 Å². The van der Waals surface area contributed by atoms with Crippen molar-refractivity contribution in [2.24, 2.45) is 0 Å². The van der Waals surface area contributed by atoms with E-state index in [9.17, 15) is 5.11 Å². The summed E-state index contributed by atoms with van der Waals surface area (Å²) in [5.74, 6) is 0. The molecule has 1 aliphatic rings. The van der Waals surface area contributed by atoms with E-state index in [1.54, 1.807) is 12.1 Å². The molecule has 0 aromatic heterocycles. The monoisotopic (exact) mass is 236 g/mol. The Kier molecular flexibility index (Phi) is 3.33. The summed E-state index contributed by atoms with van der Waals surface area (Å²) in [5, 5.41) is 19.1. The molecule has 0 amide bonds. The van der Waals surface area contributed by atoms with Gasteiger partial charge in [-0.1, -0.05) is 11.6 Å². The number of piperidine rings is 1. The summed E-state index contributed by atoms with van der Waals surface area (Å²) in [6, 6.07) is 7.51. The molecule has 1 aromatic rings. The van der Waals surface area contributed by atoms with Crippen molar-refractivity contribution in [2.75, 3.05) is 18.0 Å². The molecule has 0 saturated carbocycles. The van der Waals surface area contributed by atoms with Gasteiger partial charge in [-0.3, -0.25) is 0 Å². The molecule has 4 heteroatoms. The molecular weight excluding hydrogens is 224 g/mol. The lowest BCUT2D eigenvalue weighted by atomic mass is 10.1. The van der Waals surface area contributed by atoms with E-state index in [0.717, 1.165) is 31.6 Å². The van der Waals surface area contributed by atoms with Crippen LogP contribution in [-0.4, -0.2) is 24.3 Å². The molecule has 0 atom stereocenters. The first-order valence-corrected chi connectivity index (χ1v) is 5.71. The van der Waals surface area contributed by atoms with Gasteiger partial charge in [0.2, 0.25) is 0 Å². The Labute approximate surface area is 99.9 Å². The first-order valence-electron chi connectivity index (χ1n) is 5.33. The minimum atomic E-state index is -0.200. The fourth-order valence-electron chi connectivity index (χ4n) is 1.98. The van der Waals surface area contributed by atoms with Crippen molar-refractivity contribution < 1.29 is 5.11 Å². The number of nitrogens with zero attached hydrogens (tertiary/aromatic N) is 2. The zero-order valence-corrected chi connectivity index (χ0v) is 9.61. The molecule has 3 nitrogen and oxygen atoms in total. The van der Waals surface area contributed by atoms with Gasteiger partial charge < -0.3 is 10.0 Å². The SMILES string of the molecule is N#Cc1cc(Cl)ccc1N1CCC(O)CC1. The second-order valence-electron chi connectivity index (χ2n) is 3.99. The van der Waals surface area contributed by atoms with Crippen molar-refractivity contribution in [1.82, 2.24) is 0 Å². The zero-order valence-electron chi connectivity index (χ0n) is 8.86. The lowest BCUT2D eigenvalue weighted by molar-refractivity contribution is 0.145. The van der Waals surface area contributed by atoms with Crippen LogP contribution in [-0.2, 0) is 0 Å². The summed E-state index contributed by atoms with van der Waals surface area (Å²) in [4.78, 5) is 2.13. The van der Waals surface area contributed by atoms with Crippen molar-refractivity contribution in [1.29, 1.82) is 5.26 Å². The van der Waals surface area contributed by atoms with Gasteiger partial charge in [-0.2, -0.15) is 5.26 Å². The lowest BCUT2D eigenvalue weighted by Gasteiger charge is -2.32. The van der Waals surface area contributed by atoms with Crippen molar-refractivity contribution in [2.45, 2.75) is 18.9 Å². The number of halogens is 1. The van der Waals surface area contributed by atoms with Crippen LogP contribution in [0.4, 0.5) is 5.69 Å². The van der Waals surface area contributed by atoms with Crippen LogP contribution < -0.4 is 4.90 Å². The van der Waals surface area contributed by atoms with E-state index in [4.69, 9.17) is 16.9 Å². The van der Waals surface area contributed by atoms with Crippen LogP contribution in [0.1, 0.15) is 18.4 Å².